The fourth-order valence-electron chi connectivity index (χ4n) is 3.57. The van der Waals surface area contributed by atoms with Crippen molar-refractivity contribution in [3.05, 3.63) is 46.9 Å². The van der Waals surface area contributed by atoms with Crippen molar-refractivity contribution in [1.29, 1.82) is 0 Å². The van der Waals surface area contributed by atoms with Crippen LogP contribution in [0.1, 0.15) is 47.8 Å². The Morgan fingerprint density at radius 2 is 2.00 bits per heavy atom. The van der Waals surface area contributed by atoms with E-state index in [0.717, 1.165) is 12.0 Å². The fraction of sp³-hybridized carbons (Fsp3) is 0.316. The van der Waals surface area contributed by atoms with E-state index < -0.39 is 5.97 Å². The van der Waals surface area contributed by atoms with Crippen LogP contribution < -0.4 is 0 Å². The molecule has 7 nitrogen and oxygen atoms in total. The second-order valence-electron chi connectivity index (χ2n) is 6.87. The predicted molar refractivity (Wildman–Crippen MR) is 95.8 cm³/mol. The summed E-state index contributed by atoms with van der Waals surface area (Å²) in [5, 5.41) is 21.9. The Labute approximate surface area is 154 Å². The van der Waals surface area contributed by atoms with E-state index in [1.165, 1.54) is 12.1 Å². The molecule has 0 spiro atoms. The fourth-order valence-corrected chi connectivity index (χ4v) is 3.57. The molecule has 0 aliphatic carbocycles. The summed E-state index contributed by atoms with van der Waals surface area (Å²) in [6.07, 6.45) is 1.37. The van der Waals surface area contributed by atoms with E-state index in [1.54, 1.807) is 16.8 Å². The minimum absolute atomic E-state index is 0.117. The van der Waals surface area contributed by atoms with Crippen molar-refractivity contribution < 1.29 is 14.3 Å². The van der Waals surface area contributed by atoms with Crippen molar-refractivity contribution in [3.63, 3.8) is 0 Å². The lowest BCUT2D eigenvalue weighted by Gasteiger charge is -2.20. The lowest BCUT2D eigenvalue weighted by atomic mass is 9.87. The number of carboxylic acid groups (broad SMARTS) is 1. The zero-order valence-electron chi connectivity index (χ0n) is 15.0. The number of aromatic nitrogens is 5. The van der Waals surface area contributed by atoms with Gasteiger partial charge in [-0.2, -0.15) is 0 Å². The summed E-state index contributed by atoms with van der Waals surface area (Å²) in [4.78, 5) is 16.9. The second-order valence-corrected chi connectivity index (χ2v) is 6.87. The summed E-state index contributed by atoms with van der Waals surface area (Å²) in [6.45, 7) is 4.42. The van der Waals surface area contributed by atoms with E-state index in [9.17, 15) is 14.3 Å². The first-order valence-electron chi connectivity index (χ1n) is 8.80. The van der Waals surface area contributed by atoms with Gasteiger partial charge in [-0.15, -0.1) is 5.10 Å². The van der Waals surface area contributed by atoms with Gasteiger partial charge in [-0.25, -0.2) is 18.9 Å². The van der Waals surface area contributed by atoms with Gasteiger partial charge in [0.1, 0.15) is 11.5 Å². The number of hydrogen-bond donors (Lipinski definition) is 1. The van der Waals surface area contributed by atoms with E-state index >= 15 is 0 Å². The Hall–Kier alpha value is -3.16. The third kappa shape index (κ3) is 2.87. The Morgan fingerprint density at radius 1 is 1.26 bits per heavy atom. The number of hydrogen-bond acceptors (Lipinski definition) is 5. The molecule has 0 fully saturated rings. The van der Waals surface area contributed by atoms with Gasteiger partial charge in [0.2, 0.25) is 5.82 Å². The highest BCUT2D eigenvalue weighted by Gasteiger charge is 2.30. The Bertz CT molecular complexity index is 1030. The number of pyridine rings is 1. The molecule has 0 bridgehead atoms. The smallest absolute Gasteiger partial charge is 0.338 e. The summed E-state index contributed by atoms with van der Waals surface area (Å²) in [5.74, 6) is -1.00. The molecule has 2 aromatic heterocycles. The van der Waals surface area contributed by atoms with Gasteiger partial charge in [0.15, 0.2) is 0 Å². The van der Waals surface area contributed by atoms with Crippen LogP contribution in [-0.2, 0) is 13.0 Å². The number of carboxylic acids is 1. The van der Waals surface area contributed by atoms with Gasteiger partial charge in [0.05, 0.1) is 11.3 Å². The number of aryl methyl sites for hydroxylation is 1. The Morgan fingerprint density at radius 3 is 2.67 bits per heavy atom. The van der Waals surface area contributed by atoms with Crippen LogP contribution in [-0.4, -0.2) is 36.3 Å². The van der Waals surface area contributed by atoms with Crippen molar-refractivity contribution in [2.24, 2.45) is 0 Å². The van der Waals surface area contributed by atoms with E-state index in [4.69, 9.17) is 4.98 Å². The summed E-state index contributed by atoms with van der Waals surface area (Å²) < 4.78 is 15.2. The molecule has 8 heteroatoms. The minimum atomic E-state index is -1.04. The summed E-state index contributed by atoms with van der Waals surface area (Å²) >= 11 is 0. The van der Waals surface area contributed by atoms with Gasteiger partial charge in [-0.05, 0) is 52.4 Å². The van der Waals surface area contributed by atoms with Crippen LogP contribution in [0.5, 0.6) is 0 Å². The van der Waals surface area contributed by atoms with Crippen molar-refractivity contribution in [2.75, 3.05) is 0 Å². The van der Waals surface area contributed by atoms with Gasteiger partial charge in [0, 0.05) is 12.1 Å². The summed E-state index contributed by atoms with van der Waals surface area (Å²) in [6, 6.07) is 5.89. The highest BCUT2D eigenvalue weighted by molar-refractivity contribution is 5.99. The monoisotopic (exact) mass is 367 g/mol. The zero-order valence-corrected chi connectivity index (χ0v) is 15.0. The third-order valence-electron chi connectivity index (χ3n) is 4.76. The van der Waals surface area contributed by atoms with Gasteiger partial charge in [-0.3, -0.25) is 0 Å². The maximum atomic E-state index is 13.5. The molecule has 0 radical (unpaired) electrons. The average Bonchev–Trinajstić information content (AvgIpc) is 3.02. The second kappa shape index (κ2) is 6.53. The number of carbonyl (C=O) groups is 1. The van der Waals surface area contributed by atoms with Gasteiger partial charge < -0.3 is 5.11 Å². The maximum Gasteiger partial charge on any atom is 0.338 e. The van der Waals surface area contributed by atoms with Crippen LogP contribution in [0.2, 0.25) is 0 Å². The van der Waals surface area contributed by atoms with E-state index in [1.807, 2.05) is 13.8 Å². The van der Waals surface area contributed by atoms with Crippen LogP contribution in [0, 0.1) is 5.82 Å². The molecule has 1 aromatic carbocycles. The van der Waals surface area contributed by atoms with Crippen LogP contribution in [0.15, 0.2) is 24.3 Å². The number of fused-ring (bicyclic) bond motifs is 3. The summed E-state index contributed by atoms with van der Waals surface area (Å²) in [7, 11) is 0. The molecule has 0 atom stereocenters. The van der Waals surface area contributed by atoms with Crippen molar-refractivity contribution in [3.8, 4) is 22.6 Å². The molecule has 0 saturated carbocycles. The number of halogens is 1. The standard InChI is InChI=1S/C19H18FN5O2/c1-10(2)16-15(19(26)27)14(11-5-7-12(20)8-6-11)13-4-3-9-25-18(17(13)21-16)22-23-24-25/h5-8,10H,3-4,9H2,1-2H3,(H,26,27). The molecular formula is C19H18FN5O2. The molecule has 0 saturated heterocycles. The number of rotatable bonds is 3. The molecule has 0 unspecified atom stereocenters. The average molecular weight is 367 g/mol. The number of nitrogens with zero attached hydrogens (tertiary/aromatic N) is 5. The third-order valence-corrected chi connectivity index (χ3v) is 4.76. The Balaban J connectivity index is 2.12. The predicted octanol–water partition coefficient (Wildman–Crippen LogP) is 3.31. The van der Waals surface area contributed by atoms with Gasteiger partial charge in [-0.1, -0.05) is 26.0 Å². The molecule has 138 valence electrons. The van der Waals surface area contributed by atoms with Crippen LogP contribution >= 0.6 is 0 Å². The minimum Gasteiger partial charge on any atom is -0.478 e. The van der Waals surface area contributed by atoms with Crippen LogP contribution in [0.3, 0.4) is 0 Å². The molecule has 1 aliphatic heterocycles. The van der Waals surface area contributed by atoms with Crippen molar-refractivity contribution in [1.82, 2.24) is 25.2 Å². The quantitative estimate of drug-likeness (QED) is 0.763. The molecule has 3 heterocycles. The first-order chi connectivity index (χ1) is 13.0. The lowest BCUT2D eigenvalue weighted by Crippen LogP contribution is -2.13. The number of benzene rings is 1. The van der Waals surface area contributed by atoms with Crippen molar-refractivity contribution >= 4 is 5.97 Å². The molecular weight excluding hydrogens is 349 g/mol. The first kappa shape index (κ1) is 17.3. The number of tetrazole rings is 1. The Kier molecular flexibility index (Phi) is 4.18. The van der Waals surface area contributed by atoms with Crippen LogP contribution in [0.4, 0.5) is 4.39 Å². The molecule has 3 aromatic rings. The van der Waals surface area contributed by atoms with Crippen molar-refractivity contribution in [2.45, 2.75) is 39.2 Å². The van der Waals surface area contributed by atoms with E-state index in [2.05, 4.69) is 15.5 Å². The SMILES string of the molecule is CC(C)c1nc2c(c(-c3ccc(F)cc3)c1C(=O)O)CCCn1nnnc1-2. The molecule has 1 aliphatic rings. The molecule has 0 amide bonds. The van der Waals surface area contributed by atoms with Crippen LogP contribution in [0.25, 0.3) is 22.6 Å². The highest BCUT2D eigenvalue weighted by Crippen LogP contribution is 2.39. The molecule has 27 heavy (non-hydrogen) atoms. The largest absolute Gasteiger partial charge is 0.478 e. The highest BCUT2D eigenvalue weighted by atomic mass is 19.1. The lowest BCUT2D eigenvalue weighted by molar-refractivity contribution is 0.0695. The maximum absolute atomic E-state index is 13.5. The van der Waals surface area contributed by atoms with Gasteiger partial charge >= 0.3 is 5.97 Å². The normalized spacial score (nSPS) is 13.2. The molecule has 1 N–H and O–H groups in total. The summed E-state index contributed by atoms with van der Waals surface area (Å²) in [5.41, 5.74) is 3.25. The zero-order chi connectivity index (χ0) is 19.1. The van der Waals surface area contributed by atoms with E-state index in [0.29, 0.717) is 41.3 Å². The first-order valence-corrected chi connectivity index (χ1v) is 8.80. The number of aromatic carboxylic acids is 1. The topological polar surface area (TPSA) is 93.8 Å². The van der Waals surface area contributed by atoms with E-state index in [-0.39, 0.29) is 17.3 Å². The van der Waals surface area contributed by atoms with Gasteiger partial charge in [0.25, 0.3) is 0 Å². The molecule has 4 rings (SSSR count).